The molecule has 9 heteroatoms. The standard InChI is InChI=1S/C27H28O8S/c1-19-13-15-22(16-14-19)36(29,30)35-24-23(18-33-26(28)21-11-7-4-8-12-21)34-27(31-2)25(24)32-17-20-9-5-3-6-10-20/h3-16,23-25,27H,17-18H2,1-2H3/t23-,24+,25-,27+/m1/s1. The molecule has 1 aliphatic heterocycles. The van der Waals surface area contributed by atoms with E-state index in [1.54, 1.807) is 42.5 Å². The Morgan fingerprint density at radius 3 is 2.17 bits per heavy atom. The van der Waals surface area contributed by atoms with Gasteiger partial charge in [0.1, 0.15) is 24.9 Å². The molecule has 0 aliphatic carbocycles. The summed E-state index contributed by atoms with van der Waals surface area (Å²) in [6.45, 7) is 1.78. The van der Waals surface area contributed by atoms with E-state index in [0.29, 0.717) is 5.56 Å². The van der Waals surface area contributed by atoms with Gasteiger partial charge in [-0.2, -0.15) is 8.42 Å². The van der Waals surface area contributed by atoms with Gasteiger partial charge in [0.05, 0.1) is 17.1 Å². The largest absolute Gasteiger partial charge is 0.459 e. The second-order valence-corrected chi connectivity index (χ2v) is 9.90. The van der Waals surface area contributed by atoms with Crippen molar-refractivity contribution >= 4 is 16.1 Å². The Kier molecular flexibility index (Phi) is 8.50. The Balaban J connectivity index is 1.55. The highest BCUT2D eigenvalue weighted by Gasteiger charge is 2.49. The fraction of sp³-hybridized carbons (Fsp3) is 0.296. The van der Waals surface area contributed by atoms with Gasteiger partial charge in [-0.3, -0.25) is 4.18 Å². The minimum Gasteiger partial charge on any atom is -0.459 e. The SMILES string of the molecule is CO[C@H]1O[C@H](COC(=O)c2ccccc2)[C@H](OS(=O)(=O)c2ccc(C)cc2)[C@H]1OCc1ccccc1. The fourth-order valence-corrected chi connectivity index (χ4v) is 4.90. The molecule has 4 rings (SSSR count). The van der Waals surface area contributed by atoms with Crippen molar-refractivity contribution in [2.24, 2.45) is 0 Å². The van der Waals surface area contributed by atoms with Gasteiger partial charge in [0.15, 0.2) is 6.29 Å². The van der Waals surface area contributed by atoms with Crippen LogP contribution in [0.4, 0.5) is 0 Å². The summed E-state index contributed by atoms with van der Waals surface area (Å²) in [5.74, 6) is -0.568. The topological polar surface area (TPSA) is 97.4 Å². The molecular weight excluding hydrogens is 484 g/mol. The first-order chi connectivity index (χ1) is 17.4. The van der Waals surface area contributed by atoms with E-state index in [1.807, 2.05) is 37.3 Å². The van der Waals surface area contributed by atoms with Gasteiger partial charge in [-0.1, -0.05) is 66.2 Å². The van der Waals surface area contributed by atoms with E-state index in [1.165, 1.54) is 19.2 Å². The minimum absolute atomic E-state index is 0.00388. The number of hydrogen-bond donors (Lipinski definition) is 0. The molecule has 1 saturated heterocycles. The monoisotopic (exact) mass is 512 g/mol. The number of carbonyl (C=O) groups excluding carboxylic acids is 1. The first kappa shape index (κ1) is 26.0. The molecule has 0 saturated carbocycles. The molecule has 0 unspecified atom stereocenters. The lowest BCUT2D eigenvalue weighted by Crippen LogP contribution is -2.41. The second kappa shape index (κ2) is 11.8. The number of benzene rings is 3. The molecule has 1 heterocycles. The van der Waals surface area contributed by atoms with E-state index in [4.69, 9.17) is 23.1 Å². The zero-order chi connectivity index (χ0) is 25.5. The van der Waals surface area contributed by atoms with Gasteiger partial charge in [-0.05, 0) is 36.8 Å². The minimum atomic E-state index is -4.19. The van der Waals surface area contributed by atoms with E-state index < -0.39 is 40.7 Å². The Hall–Kier alpha value is -3.08. The molecule has 0 spiro atoms. The van der Waals surface area contributed by atoms with Gasteiger partial charge in [-0.15, -0.1) is 0 Å². The zero-order valence-electron chi connectivity index (χ0n) is 20.0. The van der Waals surface area contributed by atoms with Crippen LogP contribution in [0.3, 0.4) is 0 Å². The van der Waals surface area contributed by atoms with Crippen LogP contribution in [0.2, 0.25) is 0 Å². The van der Waals surface area contributed by atoms with Gasteiger partial charge in [0, 0.05) is 7.11 Å². The van der Waals surface area contributed by atoms with Crippen molar-refractivity contribution in [3.63, 3.8) is 0 Å². The van der Waals surface area contributed by atoms with E-state index in [2.05, 4.69) is 0 Å². The highest BCUT2D eigenvalue weighted by molar-refractivity contribution is 7.86. The van der Waals surface area contributed by atoms with Gasteiger partial charge < -0.3 is 18.9 Å². The predicted molar refractivity (Wildman–Crippen MR) is 131 cm³/mol. The van der Waals surface area contributed by atoms with E-state index in [0.717, 1.165) is 11.1 Å². The normalized spacial score (nSPS) is 21.8. The molecule has 0 N–H and O–H groups in total. The van der Waals surface area contributed by atoms with Gasteiger partial charge in [-0.25, -0.2) is 4.79 Å². The summed E-state index contributed by atoms with van der Waals surface area (Å²) in [6, 6.07) is 24.2. The number of aryl methyl sites for hydroxylation is 1. The maximum atomic E-state index is 13.1. The van der Waals surface area contributed by atoms with Crippen molar-refractivity contribution in [3.8, 4) is 0 Å². The smallest absolute Gasteiger partial charge is 0.338 e. The molecule has 1 fully saturated rings. The summed E-state index contributed by atoms with van der Waals surface area (Å²) in [7, 11) is -2.76. The number of methoxy groups -OCH3 is 1. The average molecular weight is 513 g/mol. The molecule has 0 aromatic heterocycles. The highest BCUT2D eigenvalue weighted by Crippen LogP contribution is 2.31. The number of rotatable bonds is 10. The van der Waals surface area contributed by atoms with Crippen LogP contribution in [0, 0.1) is 6.92 Å². The average Bonchev–Trinajstić information content (AvgIpc) is 3.22. The van der Waals surface area contributed by atoms with Crippen LogP contribution in [0.5, 0.6) is 0 Å². The number of ether oxygens (including phenoxy) is 4. The van der Waals surface area contributed by atoms with E-state index in [-0.39, 0.29) is 18.1 Å². The Labute approximate surface area is 210 Å². The maximum absolute atomic E-state index is 13.1. The van der Waals surface area contributed by atoms with Crippen LogP contribution < -0.4 is 0 Å². The van der Waals surface area contributed by atoms with E-state index in [9.17, 15) is 13.2 Å². The fourth-order valence-electron chi connectivity index (χ4n) is 3.80. The van der Waals surface area contributed by atoms with Crippen molar-refractivity contribution in [1.82, 2.24) is 0 Å². The van der Waals surface area contributed by atoms with Gasteiger partial charge in [0.2, 0.25) is 0 Å². The number of carbonyl (C=O) groups is 1. The zero-order valence-corrected chi connectivity index (χ0v) is 20.8. The van der Waals surface area contributed by atoms with Crippen LogP contribution in [0.15, 0.2) is 89.8 Å². The lowest BCUT2D eigenvalue weighted by molar-refractivity contribution is -0.168. The summed E-state index contributed by atoms with van der Waals surface area (Å²) in [5.41, 5.74) is 2.15. The van der Waals surface area contributed by atoms with Crippen molar-refractivity contribution in [1.29, 1.82) is 0 Å². The van der Waals surface area contributed by atoms with Crippen molar-refractivity contribution in [3.05, 3.63) is 102 Å². The van der Waals surface area contributed by atoms with Gasteiger partial charge >= 0.3 is 5.97 Å². The maximum Gasteiger partial charge on any atom is 0.338 e. The third kappa shape index (κ3) is 6.37. The predicted octanol–water partition coefficient (Wildman–Crippen LogP) is 3.88. The molecule has 0 radical (unpaired) electrons. The molecule has 1 aliphatic rings. The number of hydrogen-bond acceptors (Lipinski definition) is 8. The third-order valence-corrected chi connectivity index (χ3v) is 7.05. The highest BCUT2D eigenvalue weighted by atomic mass is 32.2. The molecule has 0 amide bonds. The Bertz CT molecular complexity index is 1230. The first-order valence-corrected chi connectivity index (χ1v) is 12.8. The summed E-state index contributed by atoms with van der Waals surface area (Å²) >= 11 is 0. The van der Waals surface area contributed by atoms with Crippen LogP contribution in [-0.4, -0.2) is 52.7 Å². The van der Waals surface area contributed by atoms with Gasteiger partial charge in [0.25, 0.3) is 10.1 Å². The van der Waals surface area contributed by atoms with E-state index >= 15 is 0 Å². The molecule has 8 nitrogen and oxygen atoms in total. The lowest BCUT2D eigenvalue weighted by Gasteiger charge is -2.24. The summed E-state index contributed by atoms with van der Waals surface area (Å²) < 4.78 is 54.7. The summed E-state index contributed by atoms with van der Waals surface area (Å²) in [5, 5.41) is 0. The van der Waals surface area contributed by atoms with Crippen LogP contribution in [0.1, 0.15) is 21.5 Å². The van der Waals surface area contributed by atoms with Crippen LogP contribution in [0.25, 0.3) is 0 Å². The van der Waals surface area contributed by atoms with Crippen molar-refractivity contribution < 1.29 is 36.3 Å². The summed E-state index contributed by atoms with van der Waals surface area (Å²) in [6.07, 6.45) is -3.93. The first-order valence-electron chi connectivity index (χ1n) is 11.4. The molecular formula is C27H28O8S. The second-order valence-electron chi connectivity index (χ2n) is 8.33. The lowest BCUT2D eigenvalue weighted by atomic mass is 10.1. The van der Waals surface area contributed by atoms with Crippen molar-refractivity contribution in [2.75, 3.05) is 13.7 Å². The summed E-state index contributed by atoms with van der Waals surface area (Å²) in [4.78, 5) is 12.5. The number of esters is 1. The molecule has 190 valence electrons. The molecule has 36 heavy (non-hydrogen) atoms. The Morgan fingerprint density at radius 2 is 1.53 bits per heavy atom. The molecule has 0 bridgehead atoms. The molecule has 3 aromatic rings. The van der Waals surface area contributed by atoms with Crippen LogP contribution >= 0.6 is 0 Å². The van der Waals surface area contributed by atoms with Crippen molar-refractivity contribution in [2.45, 2.75) is 43.0 Å². The molecule has 3 aromatic carbocycles. The Morgan fingerprint density at radius 1 is 0.889 bits per heavy atom. The quantitative estimate of drug-likeness (QED) is 0.298. The molecule has 4 atom stereocenters. The van der Waals surface area contributed by atoms with Crippen LogP contribution in [-0.2, 0) is 39.9 Å². The third-order valence-electron chi connectivity index (χ3n) is 5.72.